The number of rotatable bonds is 6. The second-order valence-electron chi connectivity index (χ2n) is 8.11. The van der Waals surface area contributed by atoms with Gasteiger partial charge in [-0.1, -0.05) is 30.3 Å². The molecular weight excluding hydrogens is 419 g/mol. The van der Waals surface area contributed by atoms with Crippen LogP contribution in [0.25, 0.3) is 16.9 Å². The molecule has 5 rings (SSSR count). The summed E-state index contributed by atoms with van der Waals surface area (Å²) < 4.78 is 1.78. The van der Waals surface area contributed by atoms with E-state index in [2.05, 4.69) is 10.6 Å². The van der Waals surface area contributed by atoms with Gasteiger partial charge >= 0.3 is 7.12 Å². The number of carbonyl (C=O) groups excluding carboxylic acids is 1. The van der Waals surface area contributed by atoms with E-state index in [1.165, 1.54) is 0 Å². The first-order chi connectivity index (χ1) is 15.9. The molecular formula is C23H23BN6O3. The summed E-state index contributed by atoms with van der Waals surface area (Å²) >= 11 is 0. The molecule has 9 nitrogen and oxygen atoms in total. The third-order valence-corrected chi connectivity index (χ3v) is 5.87. The third kappa shape index (κ3) is 3.84. The second kappa shape index (κ2) is 8.32. The number of nitrogens with two attached hydrogens (primary N) is 1. The standard InChI is InChI=1S/C23H23BN6O3/c1-13-12-30-18(6-3-7-19(30)21(25)31)20(13)23-28-17-11-26-10-16(17)22(29-23)27-9-14-4-2-5-15(8-14)24(32)33/h2-8,12,26,32-33H,9-11H2,1H3,(H2,25,31)(H,27,28,29). The van der Waals surface area contributed by atoms with Gasteiger partial charge in [0.2, 0.25) is 0 Å². The lowest BCUT2D eigenvalue weighted by Crippen LogP contribution is -2.30. The highest BCUT2D eigenvalue weighted by molar-refractivity contribution is 6.58. The second-order valence-corrected chi connectivity index (χ2v) is 8.11. The summed E-state index contributed by atoms with van der Waals surface area (Å²) in [6, 6.07) is 12.5. The number of anilines is 1. The lowest BCUT2D eigenvalue weighted by Gasteiger charge is -2.13. The van der Waals surface area contributed by atoms with Crippen molar-refractivity contribution in [2.45, 2.75) is 26.6 Å². The van der Waals surface area contributed by atoms with E-state index in [1.807, 2.05) is 25.3 Å². The van der Waals surface area contributed by atoms with E-state index in [1.54, 1.807) is 34.7 Å². The number of hydrogen-bond donors (Lipinski definition) is 5. The Balaban J connectivity index is 1.56. The highest BCUT2D eigenvalue weighted by Crippen LogP contribution is 2.32. The van der Waals surface area contributed by atoms with Crippen LogP contribution < -0.4 is 21.8 Å². The summed E-state index contributed by atoms with van der Waals surface area (Å²) in [5, 5.41) is 25.6. The quantitative estimate of drug-likeness (QED) is 0.277. The molecule has 0 atom stereocenters. The Hall–Kier alpha value is -3.73. The molecule has 1 amide bonds. The zero-order valence-corrected chi connectivity index (χ0v) is 18.0. The smallest absolute Gasteiger partial charge is 0.423 e. The minimum absolute atomic E-state index is 0.397. The van der Waals surface area contributed by atoms with Crippen molar-refractivity contribution in [2.75, 3.05) is 5.32 Å². The molecule has 33 heavy (non-hydrogen) atoms. The van der Waals surface area contributed by atoms with Gasteiger partial charge < -0.3 is 30.8 Å². The number of nitrogens with one attached hydrogen (secondary N) is 2. The van der Waals surface area contributed by atoms with Crippen molar-refractivity contribution in [1.29, 1.82) is 0 Å². The number of pyridine rings is 1. The van der Waals surface area contributed by atoms with Crippen molar-refractivity contribution >= 4 is 29.8 Å². The van der Waals surface area contributed by atoms with Gasteiger partial charge in [0.25, 0.3) is 5.91 Å². The van der Waals surface area contributed by atoms with Crippen molar-refractivity contribution in [3.63, 3.8) is 0 Å². The summed E-state index contributed by atoms with van der Waals surface area (Å²) in [5.41, 5.74) is 11.8. The molecule has 3 aromatic heterocycles. The van der Waals surface area contributed by atoms with Crippen LogP contribution in [0.3, 0.4) is 0 Å². The maximum absolute atomic E-state index is 11.9. The van der Waals surface area contributed by atoms with E-state index in [0.29, 0.717) is 36.6 Å². The lowest BCUT2D eigenvalue weighted by molar-refractivity contribution is 0.0994. The van der Waals surface area contributed by atoms with Crippen LogP contribution >= 0.6 is 0 Å². The molecule has 0 unspecified atom stereocenters. The maximum atomic E-state index is 11.9. The Labute approximate surface area is 190 Å². The molecule has 0 radical (unpaired) electrons. The Bertz CT molecular complexity index is 1380. The summed E-state index contributed by atoms with van der Waals surface area (Å²) in [6.45, 7) is 3.73. The molecule has 0 fully saturated rings. The Kier molecular flexibility index (Phi) is 5.33. The molecule has 4 heterocycles. The molecule has 1 aliphatic heterocycles. The van der Waals surface area contributed by atoms with Crippen LogP contribution in [0.4, 0.5) is 5.82 Å². The predicted octanol–water partition coefficient (Wildman–Crippen LogP) is 0.699. The fourth-order valence-electron chi connectivity index (χ4n) is 4.29. The van der Waals surface area contributed by atoms with Crippen LogP contribution in [0.15, 0.2) is 48.7 Å². The number of hydrogen-bond acceptors (Lipinski definition) is 7. The zero-order valence-electron chi connectivity index (χ0n) is 18.0. The summed E-state index contributed by atoms with van der Waals surface area (Å²) in [7, 11) is -1.51. The normalized spacial score (nSPS) is 12.7. The molecule has 4 aromatic rings. The average molecular weight is 442 g/mol. The van der Waals surface area contributed by atoms with Crippen molar-refractivity contribution in [2.24, 2.45) is 5.73 Å². The molecule has 1 aliphatic rings. The van der Waals surface area contributed by atoms with E-state index in [-0.39, 0.29) is 0 Å². The molecule has 6 N–H and O–H groups in total. The van der Waals surface area contributed by atoms with Crippen LogP contribution in [-0.4, -0.2) is 37.4 Å². The molecule has 0 saturated carbocycles. The number of fused-ring (bicyclic) bond motifs is 2. The van der Waals surface area contributed by atoms with Crippen LogP contribution in [0.5, 0.6) is 0 Å². The van der Waals surface area contributed by atoms with Gasteiger partial charge in [0, 0.05) is 37.0 Å². The van der Waals surface area contributed by atoms with Gasteiger partial charge in [-0.15, -0.1) is 0 Å². The molecule has 0 bridgehead atoms. The summed E-state index contributed by atoms with van der Waals surface area (Å²) in [6.07, 6.45) is 1.87. The van der Waals surface area contributed by atoms with Crippen LogP contribution in [0.1, 0.15) is 32.9 Å². The van der Waals surface area contributed by atoms with E-state index in [9.17, 15) is 14.8 Å². The highest BCUT2D eigenvalue weighted by atomic mass is 16.4. The fourth-order valence-corrected chi connectivity index (χ4v) is 4.29. The fraction of sp³-hybridized carbons (Fsp3) is 0.174. The first kappa shape index (κ1) is 21.1. The Morgan fingerprint density at radius 2 is 2.03 bits per heavy atom. The number of nitrogens with zero attached hydrogens (tertiary/aromatic N) is 3. The molecule has 0 aliphatic carbocycles. The first-order valence-electron chi connectivity index (χ1n) is 10.6. The summed E-state index contributed by atoms with van der Waals surface area (Å²) in [5.74, 6) is 0.791. The van der Waals surface area contributed by atoms with Gasteiger partial charge in [0.1, 0.15) is 11.5 Å². The van der Waals surface area contributed by atoms with E-state index in [4.69, 9.17) is 15.7 Å². The maximum Gasteiger partial charge on any atom is 0.488 e. The number of aryl methyl sites for hydroxylation is 1. The average Bonchev–Trinajstić information content (AvgIpc) is 3.40. The number of primary amides is 1. The minimum Gasteiger partial charge on any atom is -0.423 e. The Morgan fingerprint density at radius 1 is 1.21 bits per heavy atom. The molecule has 1 aromatic carbocycles. The van der Waals surface area contributed by atoms with Crippen molar-refractivity contribution in [1.82, 2.24) is 19.7 Å². The minimum atomic E-state index is -1.51. The van der Waals surface area contributed by atoms with Crippen molar-refractivity contribution in [3.05, 3.63) is 76.7 Å². The van der Waals surface area contributed by atoms with E-state index < -0.39 is 13.0 Å². The monoisotopic (exact) mass is 442 g/mol. The highest BCUT2D eigenvalue weighted by Gasteiger charge is 2.23. The SMILES string of the molecule is Cc1cn2c(C(N)=O)cccc2c1-c1nc2c(c(NCc3cccc(B(O)O)c3)n1)CNC2. The van der Waals surface area contributed by atoms with E-state index in [0.717, 1.165) is 39.3 Å². The molecule has 166 valence electrons. The van der Waals surface area contributed by atoms with Gasteiger partial charge in [-0.2, -0.15) is 0 Å². The van der Waals surface area contributed by atoms with Gasteiger partial charge in [0.05, 0.1) is 11.2 Å². The first-order valence-corrected chi connectivity index (χ1v) is 10.6. The van der Waals surface area contributed by atoms with Gasteiger partial charge in [0.15, 0.2) is 5.82 Å². The topological polar surface area (TPSA) is 138 Å². The molecule has 10 heteroatoms. The number of benzene rings is 1. The van der Waals surface area contributed by atoms with Crippen LogP contribution in [0, 0.1) is 6.92 Å². The van der Waals surface area contributed by atoms with Crippen LogP contribution in [-0.2, 0) is 19.6 Å². The molecule has 0 spiro atoms. The number of carbonyl (C=O) groups is 1. The summed E-state index contributed by atoms with van der Waals surface area (Å²) in [4.78, 5) is 21.6. The van der Waals surface area contributed by atoms with E-state index >= 15 is 0 Å². The van der Waals surface area contributed by atoms with Gasteiger partial charge in [-0.25, -0.2) is 9.97 Å². The zero-order chi connectivity index (χ0) is 23.1. The number of aromatic nitrogens is 3. The molecule has 0 saturated heterocycles. The lowest BCUT2D eigenvalue weighted by atomic mass is 9.79. The van der Waals surface area contributed by atoms with Crippen molar-refractivity contribution < 1.29 is 14.8 Å². The van der Waals surface area contributed by atoms with Gasteiger partial charge in [-0.05, 0) is 35.6 Å². The van der Waals surface area contributed by atoms with Crippen LogP contribution in [0.2, 0.25) is 0 Å². The number of amides is 1. The third-order valence-electron chi connectivity index (χ3n) is 5.87. The van der Waals surface area contributed by atoms with Crippen molar-refractivity contribution in [3.8, 4) is 11.4 Å². The Morgan fingerprint density at radius 3 is 2.82 bits per heavy atom. The largest absolute Gasteiger partial charge is 0.488 e. The predicted molar refractivity (Wildman–Crippen MR) is 126 cm³/mol. The van der Waals surface area contributed by atoms with Gasteiger partial charge in [-0.3, -0.25) is 4.79 Å².